The van der Waals surface area contributed by atoms with Gasteiger partial charge in [-0.3, -0.25) is 14.0 Å². The molecule has 8 nitrogen and oxygen atoms in total. The van der Waals surface area contributed by atoms with Gasteiger partial charge in [-0.15, -0.1) is 0 Å². The van der Waals surface area contributed by atoms with E-state index in [1.54, 1.807) is 6.07 Å². The number of pyridine rings is 2. The predicted octanol–water partition coefficient (Wildman–Crippen LogP) is 0.500. The van der Waals surface area contributed by atoms with Gasteiger partial charge in [0.1, 0.15) is 10.5 Å². The first-order chi connectivity index (χ1) is 13.3. The van der Waals surface area contributed by atoms with Gasteiger partial charge in [0, 0.05) is 31.7 Å². The minimum atomic E-state index is -4.09. The van der Waals surface area contributed by atoms with Crippen LogP contribution in [0.5, 0.6) is 0 Å². The van der Waals surface area contributed by atoms with Gasteiger partial charge >= 0.3 is 0 Å². The number of anilines is 1. The number of nitrogens with zero attached hydrogens (tertiary/aromatic N) is 3. The van der Waals surface area contributed by atoms with E-state index in [1.807, 2.05) is 16.7 Å². The van der Waals surface area contributed by atoms with Crippen molar-refractivity contribution in [2.45, 2.75) is 23.7 Å². The van der Waals surface area contributed by atoms with E-state index in [0.29, 0.717) is 29.9 Å². The largest absolute Gasteiger partial charge is 0.366 e. The molecule has 1 saturated heterocycles. The quantitative estimate of drug-likeness (QED) is 0.781. The summed E-state index contributed by atoms with van der Waals surface area (Å²) in [5.74, 6) is -1.57. The molecule has 0 bridgehead atoms. The highest BCUT2D eigenvalue weighted by Crippen LogP contribution is 2.46. The van der Waals surface area contributed by atoms with Crippen molar-refractivity contribution in [1.29, 1.82) is 0 Å². The van der Waals surface area contributed by atoms with Gasteiger partial charge < -0.3 is 9.80 Å². The van der Waals surface area contributed by atoms with Crippen LogP contribution in [0.2, 0.25) is 0 Å². The third-order valence-electron chi connectivity index (χ3n) is 5.75. The number of aromatic nitrogens is 1. The fraction of sp³-hybridized carbons (Fsp3) is 0.444. The number of hydrogen-bond acceptors (Lipinski definition) is 6. The Hall–Kier alpha value is -2.46. The molecule has 1 amide bonds. The lowest BCUT2D eigenvalue weighted by atomic mass is 10.1. The molecular formula is C18H19FN4O4S. The number of sulfonamides is 1. The van der Waals surface area contributed by atoms with Crippen LogP contribution in [-0.4, -0.2) is 56.9 Å². The van der Waals surface area contributed by atoms with Crippen molar-refractivity contribution in [3.63, 3.8) is 0 Å². The van der Waals surface area contributed by atoms with E-state index in [0.717, 1.165) is 36.5 Å². The van der Waals surface area contributed by atoms with E-state index in [4.69, 9.17) is 0 Å². The van der Waals surface area contributed by atoms with Crippen LogP contribution in [0.1, 0.15) is 34.7 Å². The van der Waals surface area contributed by atoms with Gasteiger partial charge in [-0.25, -0.2) is 17.5 Å². The van der Waals surface area contributed by atoms with Crippen molar-refractivity contribution < 1.29 is 17.6 Å². The van der Waals surface area contributed by atoms with Crippen LogP contribution in [0.4, 0.5) is 10.1 Å². The molecule has 2 fully saturated rings. The van der Waals surface area contributed by atoms with Gasteiger partial charge in [0.25, 0.3) is 21.5 Å². The van der Waals surface area contributed by atoms with E-state index < -0.39 is 32.9 Å². The lowest BCUT2D eigenvalue weighted by molar-refractivity contribution is 0.0983. The molecule has 1 saturated carbocycles. The second-order valence-electron chi connectivity index (χ2n) is 7.68. The monoisotopic (exact) mass is 406 g/mol. The molecule has 148 valence electrons. The Morgan fingerprint density at radius 2 is 1.82 bits per heavy atom. The molecule has 0 unspecified atom stereocenters. The number of carbonyl (C=O) groups is 1. The van der Waals surface area contributed by atoms with Crippen LogP contribution < -0.4 is 15.2 Å². The number of rotatable bonds is 2. The van der Waals surface area contributed by atoms with Crippen LogP contribution in [-0.2, 0) is 10.0 Å². The van der Waals surface area contributed by atoms with Gasteiger partial charge in [-0.2, -0.15) is 0 Å². The molecule has 5 rings (SSSR count). The number of halogens is 1. The maximum Gasteiger partial charge on any atom is 0.272 e. The Morgan fingerprint density at radius 1 is 1.14 bits per heavy atom. The number of fused-ring (bicyclic) bond motifs is 2. The standard InChI is InChI=1S/C18H19FN4O4S/c1-21-4-6-22(7-5-21)12-8-13-14(10-2-3-10)16-15(17(24)20-28(16,26)27)18(25)23(13)9-11(12)19/h8-10H,2-7H2,1H3,(H,20,24). The Labute approximate surface area is 160 Å². The third-order valence-corrected chi connectivity index (χ3v) is 7.17. The van der Waals surface area contributed by atoms with Crippen LogP contribution >= 0.6 is 0 Å². The van der Waals surface area contributed by atoms with E-state index in [2.05, 4.69) is 4.90 Å². The van der Waals surface area contributed by atoms with Crippen molar-refractivity contribution in [1.82, 2.24) is 14.0 Å². The Balaban J connectivity index is 1.81. The molecule has 10 heteroatoms. The molecule has 0 spiro atoms. The second kappa shape index (κ2) is 5.77. The van der Waals surface area contributed by atoms with E-state index in [1.165, 1.54) is 0 Å². The summed E-state index contributed by atoms with van der Waals surface area (Å²) in [7, 11) is -2.09. The first-order valence-electron chi connectivity index (χ1n) is 9.20. The summed E-state index contributed by atoms with van der Waals surface area (Å²) in [5.41, 5.74) is -0.0584. The average Bonchev–Trinajstić information content (AvgIpc) is 3.43. The van der Waals surface area contributed by atoms with E-state index in [9.17, 15) is 22.4 Å². The van der Waals surface area contributed by atoms with Crippen molar-refractivity contribution in [2.75, 3.05) is 38.1 Å². The number of carbonyl (C=O) groups excluding carboxylic acids is 1. The van der Waals surface area contributed by atoms with Crippen molar-refractivity contribution in [3.05, 3.63) is 39.6 Å². The lowest BCUT2D eigenvalue weighted by Gasteiger charge is -2.34. The van der Waals surface area contributed by atoms with Gasteiger partial charge in [0.15, 0.2) is 5.82 Å². The summed E-state index contributed by atoms with van der Waals surface area (Å²) >= 11 is 0. The molecule has 28 heavy (non-hydrogen) atoms. The minimum absolute atomic E-state index is 0.0578. The van der Waals surface area contributed by atoms with Crippen LogP contribution in [0.15, 0.2) is 22.0 Å². The number of amides is 1. The first kappa shape index (κ1) is 17.6. The zero-order chi connectivity index (χ0) is 19.8. The molecule has 3 aliphatic rings. The highest BCUT2D eigenvalue weighted by atomic mass is 32.2. The highest BCUT2D eigenvalue weighted by molar-refractivity contribution is 7.90. The molecule has 2 aliphatic heterocycles. The van der Waals surface area contributed by atoms with Crippen LogP contribution in [0.3, 0.4) is 0 Å². The average molecular weight is 406 g/mol. The summed E-state index contributed by atoms with van der Waals surface area (Å²) < 4.78 is 43.0. The first-order valence-corrected chi connectivity index (χ1v) is 10.7. The summed E-state index contributed by atoms with van der Waals surface area (Å²) in [6.07, 6.45) is 2.62. The molecule has 2 aromatic rings. The van der Waals surface area contributed by atoms with Gasteiger partial charge in [-0.1, -0.05) is 0 Å². The Morgan fingerprint density at radius 3 is 2.46 bits per heavy atom. The number of piperazine rings is 1. The molecule has 1 N–H and O–H groups in total. The maximum absolute atomic E-state index is 14.9. The summed E-state index contributed by atoms with van der Waals surface area (Å²) in [4.78, 5) is 28.8. The van der Waals surface area contributed by atoms with Crippen molar-refractivity contribution >= 4 is 27.1 Å². The summed E-state index contributed by atoms with van der Waals surface area (Å²) in [6.45, 7) is 2.83. The molecule has 2 aromatic heterocycles. The predicted molar refractivity (Wildman–Crippen MR) is 100.0 cm³/mol. The molecule has 1 aliphatic carbocycles. The maximum atomic E-state index is 14.9. The smallest absolute Gasteiger partial charge is 0.272 e. The molecule has 4 heterocycles. The fourth-order valence-corrected chi connectivity index (χ4v) is 5.58. The highest BCUT2D eigenvalue weighted by Gasteiger charge is 2.43. The molecule has 0 atom stereocenters. The Bertz CT molecular complexity index is 1190. The third kappa shape index (κ3) is 2.47. The van der Waals surface area contributed by atoms with Gasteiger partial charge in [-0.05, 0) is 31.9 Å². The van der Waals surface area contributed by atoms with Crippen LogP contribution in [0, 0.1) is 5.82 Å². The van der Waals surface area contributed by atoms with E-state index in [-0.39, 0.29) is 10.8 Å². The summed E-state index contributed by atoms with van der Waals surface area (Å²) in [6, 6.07) is 1.56. The molecular weight excluding hydrogens is 387 g/mol. The van der Waals surface area contributed by atoms with E-state index >= 15 is 0 Å². The van der Waals surface area contributed by atoms with Crippen molar-refractivity contribution in [3.8, 4) is 0 Å². The van der Waals surface area contributed by atoms with Gasteiger partial charge in [0.2, 0.25) is 0 Å². The zero-order valence-corrected chi connectivity index (χ0v) is 16.1. The minimum Gasteiger partial charge on any atom is -0.366 e. The molecule has 0 aromatic carbocycles. The van der Waals surface area contributed by atoms with Crippen LogP contribution in [0.25, 0.3) is 5.52 Å². The lowest BCUT2D eigenvalue weighted by Crippen LogP contribution is -2.45. The SMILES string of the molecule is CN1CCN(c2cc3c(C4CC4)c4c(c(=O)n3cc2F)C(=O)NS4(=O)=O)CC1. The normalized spacial score (nSPS) is 21.8. The molecule has 0 radical (unpaired) electrons. The number of hydrogen-bond donors (Lipinski definition) is 1. The van der Waals surface area contributed by atoms with Crippen molar-refractivity contribution in [2.24, 2.45) is 0 Å². The fourth-order valence-electron chi connectivity index (χ4n) is 4.12. The number of likely N-dealkylation sites (N-methyl/N-ethyl adjacent to an activating group) is 1. The summed E-state index contributed by atoms with van der Waals surface area (Å²) in [5, 5.41) is 0. The Kier molecular flexibility index (Phi) is 3.63. The topological polar surface area (TPSA) is 91.2 Å². The number of nitrogens with one attached hydrogen (secondary N) is 1. The second-order valence-corrected chi connectivity index (χ2v) is 9.30. The van der Waals surface area contributed by atoms with Gasteiger partial charge in [0.05, 0.1) is 17.4 Å². The zero-order valence-electron chi connectivity index (χ0n) is 15.2.